The smallest absolute Gasteiger partial charge is 0.0723 e. The fourth-order valence-electron chi connectivity index (χ4n) is 1.40. The van der Waals surface area contributed by atoms with Crippen LogP contribution in [-0.2, 0) is 9.73 Å². The van der Waals surface area contributed by atoms with Gasteiger partial charge in [-0.1, -0.05) is 32.0 Å². The summed E-state index contributed by atoms with van der Waals surface area (Å²) < 4.78 is 16.1. The Morgan fingerprint density at radius 2 is 1.86 bits per heavy atom. The van der Waals surface area contributed by atoms with Crippen molar-refractivity contribution in [1.82, 2.24) is 0 Å². The molecule has 0 heterocycles. The van der Waals surface area contributed by atoms with E-state index in [1.807, 2.05) is 24.3 Å². The molecule has 78 valence electrons. The minimum atomic E-state index is -2.20. The highest BCUT2D eigenvalue weighted by Gasteiger charge is 2.12. The molecule has 14 heavy (non-hydrogen) atoms. The molecule has 0 aliphatic carbocycles. The van der Waals surface area contributed by atoms with Crippen molar-refractivity contribution in [2.75, 3.05) is 13.3 Å². The van der Waals surface area contributed by atoms with Crippen LogP contribution in [-0.4, -0.2) is 17.5 Å². The van der Waals surface area contributed by atoms with Crippen molar-refractivity contribution in [2.24, 2.45) is 4.36 Å². The first-order valence-electron chi connectivity index (χ1n) is 4.68. The molecule has 0 radical (unpaired) electrons. The van der Waals surface area contributed by atoms with Gasteiger partial charge in [0.05, 0.1) is 14.6 Å². The van der Waals surface area contributed by atoms with Crippen LogP contribution in [0.1, 0.15) is 25.3 Å². The standard InChI is InChI=1S/C11H17NOS/c1-9(2)10-7-5-6-8-11(10)14(4,13)12-3/h5-9H,1-4H3. The van der Waals surface area contributed by atoms with Crippen LogP contribution in [0.4, 0.5) is 0 Å². The van der Waals surface area contributed by atoms with Gasteiger partial charge in [0, 0.05) is 13.3 Å². The van der Waals surface area contributed by atoms with E-state index in [0.29, 0.717) is 5.92 Å². The van der Waals surface area contributed by atoms with Gasteiger partial charge in [0.15, 0.2) is 0 Å². The molecular weight excluding hydrogens is 194 g/mol. The van der Waals surface area contributed by atoms with Crippen molar-refractivity contribution in [3.63, 3.8) is 0 Å². The maximum atomic E-state index is 12.1. The fourth-order valence-corrected chi connectivity index (χ4v) is 2.67. The van der Waals surface area contributed by atoms with Gasteiger partial charge in [-0.3, -0.25) is 0 Å². The molecule has 0 aliphatic heterocycles. The maximum absolute atomic E-state index is 12.1. The molecule has 0 aromatic heterocycles. The van der Waals surface area contributed by atoms with Gasteiger partial charge in [-0.25, -0.2) is 8.57 Å². The molecule has 3 heteroatoms. The van der Waals surface area contributed by atoms with E-state index in [4.69, 9.17) is 0 Å². The second-order valence-electron chi connectivity index (χ2n) is 3.68. The van der Waals surface area contributed by atoms with E-state index in [2.05, 4.69) is 18.2 Å². The molecule has 0 saturated heterocycles. The number of benzene rings is 1. The quantitative estimate of drug-likeness (QED) is 0.739. The Labute approximate surface area is 86.5 Å². The molecule has 1 atom stereocenters. The van der Waals surface area contributed by atoms with Crippen LogP contribution in [0.15, 0.2) is 33.5 Å². The molecule has 0 bridgehead atoms. The Hall–Kier alpha value is -0.830. The van der Waals surface area contributed by atoms with Crippen molar-refractivity contribution in [3.05, 3.63) is 29.8 Å². The van der Waals surface area contributed by atoms with E-state index in [9.17, 15) is 4.21 Å². The Morgan fingerprint density at radius 3 is 2.36 bits per heavy atom. The van der Waals surface area contributed by atoms with E-state index in [-0.39, 0.29) is 0 Å². The number of rotatable bonds is 2. The maximum Gasteiger partial charge on any atom is 0.0723 e. The van der Waals surface area contributed by atoms with Gasteiger partial charge in [0.25, 0.3) is 0 Å². The summed E-state index contributed by atoms with van der Waals surface area (Å²) in [4.78, 5) is 0.873. The number of hydrogen-bond acceptors (Lipinski definition) is 2. The third kappa shape index (κ3) is 2.15. The second kappa shape index (κ2) is 4.13. The van der Waals surface area contributed by atoms with E-state index in [1.54, 1.807) is 13.3 Å². The number of nitrogens with zero attached hydrogens (tertiary/aromatic N) is 1. The van der Waals surface area contributed by atoms with Crippen LogP contribution in [0, 0.1) is 0 Å². The summed E-state index contributed by atoms with van der Waals surface area (Å²) in [5, 5.41) is 0. The first kappa shape index (κ1) is 11.2. The van der Waals surface area contributed by atoms with Gasteiger partial charge >= 0.3 is 0 Å². The molecular formula is C11H17NOS. The molecule has 0 amide bonds. The van der Waals surface area contributed by atoms with Gasteiger partial charge < -0.3 is 0 Å². The van der Waals surface area contributed by atoms with Gasteiger partial charge in [-0.15, -0.1) is 0 Å². The predicted molar refractivity (Wildman–Crippen MR) is 61.2 cm³/mol. The minimum absolute atomic E-state index is 0.383. The van der Waals surface area contributed by atoms with Gasteiger partial charge in [-0.05, 0) is 17.5 Å². The zero-order valence-corrected chi connectivity index (χ0v) is 9.97. The SMILES string of the molecule is CN=S(C)(=O)c1ccccc1C(C)C. The minimum Gasteiger partial charge on any atom is -0.245 e. The lowest BCUT2D eigenvalue weighted by molar-refractivity contribution is 0.677. The molecule has 1 unspecified atom stereocenters. The first-order valence-corrected chi connectivity index (χ1v) is 6.60. The van der Waals surface area contributed by atoms with E-state index in [0.717, 1.165) is 10.5 Å². The van der Waals surface area contributed by atoms with Crippen LogP contribution in [0.2, 0.25) is 0 Å². The zero-order chi connectivity index (χ0) is 10.8. The highest BCUT2D eigenvalue weighted by molar-refractivity contribution is 7.93. The van der Waals surface area contributed by atoms with Gasteiger partial charge in [0.2, 0.25) is 0 Å². The monoisotopic (exact) mass is 211 g/mol. The molecule has 1 aromatic rings. The highest BCUT2D eigenvalue weighted by atomic mass is 32.2. The molecule has 1 aromatic carbocycles. The van der Waals surface area contributed by atoms with Crippen molar-refractivity contribution < 1.29 is 4.21 Å². The van der Waals surface area contributed by atoms with Crippen molar-refractivity contribution in [1.29, 1.82) is 0 Å². The highest BCUT2D eigenvalue weighted by Crippen LogP contribution is 2.24. The topological polar surface area (TPSA) is 29.4 Å². The van der Waals surface area contributed by atoms with Crippen LogP contribution in [0.5, 0.6) is 0 Å². The summed E-state index contributed by atoms with van der Waals surface area (Å²) in [6.07, 6.45) is 1.69. The van der Waals surface area contributed by atoms with Gasteiger partial charge in [0.1, 0.15) is 0 Å². The van der Waals surface area contributed by atoms with Crippen LogP contribution in [0.25, 0.3) is 0 Å². The molecule has 0 saturated carbocycles. The van der Waals surface area contributed by atoms with Crippen molar-refractivity contribution in [3.8, 4) is 0 Å². The Balaban J connectivity index is 3.43. The third-order valence-electron chi connectivity index (χ3n) is 2.30. The predicted octanol–water partition coefficient (Wildman–Crippen LogP) is 2.90. The molecule has 1 rings (SSSR count). The van der Waals surface area contributed by atoms with Crippen LogP contribution < -0.4 is 0 Å². The lowest BCUT2D eigenvalue weighted by Crippen LogP contribution is -2.03. The van der Waals surface area contributed by atoms with E-state index >= 15 is 0 Å². The third-order valence-corrected chi connectivity index (χ3v) is 4.18. The summed E-state index contributed by atoms with van der Waals surface area (Å²) in [5.74, 6) is 0.383. The summed E-state index contributed by atoms with van der Waals surface area (Å²) in [6.45, 7) is 4.20. The van der Waals surface area contributed by atoms with E-state index < -0.39 is 9.73 Å². The summed E-state index contributed by atoms with van der Waals surface area (Å²) in [6, 6.07) is 7.82. The van der Waals surface area contributed by atoms with Gasteiger partial charge in [-0.2, -0.15) is 0 Å². The summed E-state index contributed by atoms with van der Waals surface area (Å²) in [5.41, 5.74) is 1.13. The van der Waals surface area contributed by atoms with Crippen molar-refractivity contribution in [2.45, 2.75) is 24.7 Å². The Bertz CT molecular complexity index is 429. The summed E-state index contributed by atoms with van der Waals surface area (Å²) >= 11 is 0. The molecule has 0 N–H and O–H groups in total. The number of hydrogen-bond donors (Lipinski definition) is 0. The largest absolute Gasteiger partial charge is 0.245 e. The second-order valence-corrected chi connectivity index (χ2v) is 6.09. The zero-order valence-electron chi connectivity index (χ0n) is 9.15. The Kier molecular flexibility index (Phi) is 3.32. The summed E-state index contributed by atoms with van der Waals surface area (Å²) in [7, 11) is -0.588. The molecule has 0 aliphatic rings. The average molecular weight is 211 g/mol. The molecule has 0 spiro atoms. The normalized spacial score (nSPS) is 15.2. The first-order chi connectivity index (χ1) is 6.49. The van der Waals surface area contributed by atoms with Crippen LogP contribution in [0.3, 0.4) is 0 Å². The molecule has 2 nitrogen and oxygen atoms in total. The Morgan fingerprint density at radius 1 is 1.29 bits per heavy atom. The lowest BCUT2D eigenvalue weighted by Gasteiger charge is -2.12. The lowest BCUT2D eigenvalue weighted by atomic mass is 10.0. The molecule has 0 fully saturated rings. The average Bonchev–Trinajstić information content (AvgIpc) is 2.18. The van der Waals surface area contributed by atoms with Crippen molar-refractivity contribution >= 4 is 9.73 Å². The van der Waals surface area contributed by atoms with E-state index in [1.165, 1.54) is 0 Å². The fraction of sp³-hybridized carbons (Fsp3) is 0.455. The van der Waals surface area contributed by atoms with Crippen LogP contribution >= 0.6 is 0 Å².